The second-order valence-electron chi connectivity index (χ2n) is 7.13. The molecule has 0 bridgehead atoms. The minimum atomic E-state index is 0.411. The normalized spacial score (nSPS) is 15.8. The lowest BCUT2D eigenvalue weighted by Crippen LogP contribution is -2.33. The SMILES string of the molecule is Cc1cccc(Nc2nccnc2C2CCN(Cc3cncn3C)CC2)n1. The van der Waals surface area contributed by atoms with Crippen LogP contribution in [0.5, 0.6) is 0 Å². The molecule has 0 aliphatic carbocycles. The lowest BCUT2D eigenvalue weighted by molar-refractivity contribution is 0.199. The van der Waals surface area contributed by atoms with Gasteiger partial charge in [0, 0.05) is 43.8 Å². The van der Waals surface area contributed by atoms with Gasteiger partial charge in [-0.15, -0.1) is 0 Å². The number of nitrogens with one attached hydrogen (secondary N) is 1. The number of hydrogen-bond acceptors (Lipinski definition) is 6. The van der Waals surface area contributed by atoms with E-state index in [1.54, 1.807) is 12.4 Å². The maximum absolute atomic E-state index is 4.65. The third-order valence-electron chi connectivity index (χ3n) is 5.14. The van der Waals surface area contributed by atoms with Gasteiger partial charge in [0.15, 0.2) is 5.82 Å². The number of anilines is 2. The molecule has 1 fully saturated rings. The van der Waals surface area contributed by atoms with E-state index in [0.717, 1.165) is 55.5 Å². The van der Waals surface area contributed by atoms with Crippen molar-refractivity contribution in [2.75, 3.05) is 18.4 Å². The van der Waals surface area contributed by atoms with Crippen LogP contribution < -0.4 is 5.32 Å². The molecule has 3 aromatic rings. The molecular formula is C20H25N7. The first kappa shape index (κ1) is 17.6. The standard InChI is InChI=1S/C20H25N7/c1-15-4-3-5-18(24-15)25-20-19(22-8-9-23-20)16-6-10-27(11-7-16)13-17-12-21-14-26(17)2/h3-5,8-9,12,14,16H,6-7,10-11,13H2,1-2H3,(H,23,24,25). The molecule has 1 saturated heterocycles. The third-order valence-corrected chi connectivity index (χ3v) is 5.14. The van der Waals surface area contributed by atoms with Crippen molar-refractivity contribution >= 4 is 11.6 Å². The van der Waals surface area contributed by atoms with Crippen molar-refractivity contribution in [1.82, 2.24) is 29.4 Å². The van der Waals surface area contributed by atoms with Crippen molar-refractivity contribution in [3.63, 3.8) is 0 Å². The van der Waals surface area contributed by atoms with Crippen LogP contribution in [-0.4, -0.2) is 42.5 Å². The number of likely N-dealkylation sites (tertiary alicyclic amines) is 1. The van der Waals surface area contributed by atoms with Crippen LogP contribution in [0.3, 0.4) is 0 Å². The molecule has 0 atom stereocenters. The number of hydrogen-bond donors (Lipinski definition) is 1. The molecule has 0 unspecified atom stereocenters. The molecule has 140 valence electrons. The zero-order chi connectivity index (χ0) is 18.6. The van der Waals surface area contributed by atoms with E-state index in [-0.39, 0.29) is 0 Å². The summed E-state index contributed by atoms with van der Waals surface area (Å²) in [4.78, 5) is 20.4. The van der Waals surface area contributed by atoms with Gasteiger partial charge in [0.25, 0.3) is 0 Å². The summed E-state index contributed by atoms with van der Waals surface area (Å²) >= 11 is 0. The number of piperidine rings is 1. The molecule has 7 nitrogen and oxygen atoms in total. The summed E-state index contributed by atoms with van der Waals surface area (Å²) in [6, 6.07) is 5.94. The first-order valence-corrected chi connectivity index (χ1v) is 9.38. The van der Waals surface area contributed by atoms with E-state index < -0.39 is 0 Å². The van der Waals surface area contributed by atoms with E-state index in [1.807, 2.05) is 44.7 Å². The highest BCUT2D eigenvalue weighted by atomic mass is 15.2. The summed E-state index contributed by atoms with van der Waals surface area (Å²) in [5.41, 5.74) is 3.27. The molecular weight excluding hydrogens is 338 g/mol. The second kappa shape index (κ2) is 7.84. The predicted octanol–water partition coefficient (Wildman–Crippen LogP) is 3.04. The van der Waals surface area contributed by atoms with Gasteiger partial charge >= 0.3 is 0 Å². The minimum Gasteiger partial charge on any atom is -0.337 e. The zero-order valence-electron chi connectivity index (χ0n) is 15.8. The lowest BCUT2D eigenvalue weighted by atomic mass is 9.93. The van der Waals surface area contributed by atoms with E-state index in [9.17, 15) is 0 Å². The number of pyridine rings is 1. The Labute approximate surface area is 159 Å². The first-order chi connectivity index (χ1) is 13.2. The van der Waals surface area contributed by atoms with Gasteiger partial charge in [-0.1, -0.05) is 6.07 Å². The van der Waals surface area contributed by atoms with Gasteiger partial charge in [-0.05, 0) is 45.0 Å². The molecule has 27 heavy (non-hydrogen) atoms. The Morgan fingerprint density at radius 1 is 1.15 bits per heavy atom. The summed E-state index contributed by atoms with van der Waals surface area (Å²) in [7, 11) is 2.05. The van der Waals surface area contributed by atoms with Crippen LogP contribution in [0.25, 0.3) is 0 Å². The Balaban J connectivity index is 1.43. The summed E-state index contributed by atoms with van der Waals surface area (Å²) < 4.78 is 2.09. The average molecular weight is 363 g/mol. The Kier molecular flexibility index (Phi) is 5.11. The number of rotatable bonds is 5. The molecule has 0 radical (unpaired) electrons. The van der Waals surface area contributed by atoms with E-state index in [1.165, 1.54) is 5.69 Å². The van der Waals surface area contributed by atoms with Gasteiger partial charge in [0.1, 0.15) is 5.82 Å². The number of aromatic nitrogens is 5. The monoisotopic (exact) mass is 363 g/mol. The highest BCUT2D eigenvalue weighted by Gasteiger charge is 2.25. The van der Waals surface area contributed by atoms with Gasteiger partial charge in [0.05, 0.1) is 17.7 Å². The maximum atomic E-state index is 4.65. The molecule has 4 rings (SSSR count). The van der Waals surface area contributed by atoms with Crippen molar-refractivity contribution in [1.29, 1.82) is 0 Å². The van der Waals surface area contributed by atoms with Gasteiger partial charge in [-0.3, -0.25) is 9.88 Å². The van der Waals surface area contributed by atoms with Crippen LogP contribution in [0.2, 0.25) is 0 Å². The van der Waals surface area contributed by atoms with Crippen LogP contribution in [-0.2, 0) is 13.6 Å². The fourth-order valence-electron chi connectivity index (χ4n) is 3.61. The van der Waals surface area contributed by atoms with Crippen molar-refractivity contribution in [2.45, 2.75) is 32.2 Å². The smallest absolute Gasteiger partial charge is 0.153 e. The molecule has 1 N–H and O–H groups in total. The minimum absolute atomic E-state index is 0.411. The van der Waals surface area contributed by atoms with Gasteiger partial charge < -0.3 is 9.88 Å². The van der Waals surface area contributed by atoms with Crippen LogP contribution in [0.4, 0.5) is 11.6 Å². The van der Waals surface area contributed by atoms with Gasteiger partial charge in [-0.2, -0.15) is 0 Å². The molecule has 4 heterocycles. The summed E-state index contributed by atoms with van der Waals surface area (Å²) in [5, 5.41) is 3.36. The lowest BCUT2D eigenvalue weighted by Gasteiger charge is -2.32. The molecule has 0 saturated carbocycles. The number of nitrogens with zero attached hydrogens (tertiary/aromatic N) is 6. The highest BCUT2D eigenvalue weighted by Crippen LogP contribution is 2.31. The third kappa shape index (κ3) is 4.14. The van der Waals surface area contributed by atoms with Crippen LogP contribution in [0, 0.1) is 6.92 Å². The van der Waals surface area contributed by atoms with Crippen molar-refractivity contribution in [2.24, 2.45) is 7.05 Å². The fraction of sp³-hybridized carbons (Fsp3) is 0.400. The van der Waals surface area contributed by atoms with E-state index in [4.69, 9.17) is 0 Å². The highest BCUT2D eigenvalue weighted by molar-refractivity contribution is 5.54. The quantitative estimate of drug-likeness (QED) is 0.751. The molecule has 0 spiro atoms. The largest absolute Gasteiger partial charge is 0.337 e. The molecule has 0 amide bonds. The molecule has 1 aliphatic rings. The molecule has 0 aromatic carbocycles. The predicted molar refractivity (Wildman–Crippen MR) is 105 cm³/mol. The summed E-state index contributed by atoms with van der Waals surface area (Å²) in [5.74, 6) is 2.04. The van der Waals surface area contributed by atoms with Gasteiger partial charge in [-0.25, -0.2) is 15.0 Å². The topological polar surface area (TPSA) is 71.8 Å². The summed E-state index contributed by atoms with van der Waals surface area (Å²) in [6.07, 6.45) is 9.48. The van der Waals surface area contributed by atoms with Gasteiger partial charge in [0.2, 0.25) is 0 Å². The van der Waals surface area contributed by atoms with Crippen LogP contribution >= 0.6 is 0 Å². The Morgan fingerprint density at radius 2 is 1.96 bits per heavy atom. The molecule has 1 aliphatic heterocycles. The average Bonchev–Trinajstić information content (AvgIpc) is 3.08. The van der Waals surface area contributed by atoms with E-state index in [0.29, 0.717) is 5.92 Å². The van der Waals surface area contributed by atoms with E-state index >= 15 is 0 Å². The van der Waals surface area contributed by atoms with Crippen LogP contribution in [0.15, 0.2) is 43.1 Å². The Bertz CT molecular complexity index is 897. The first-order valence-electron chi connectivity index (χ1n) is 9.38. The Hall–Kier alpha value is -2.80. The van der Waals surface area contributed by atoms with Crippen LogP contribution in [0.1, 0.15) is 35.8 Å². The zero-order valence-corrected chi connectivity index (χ0v) is 15.8. The van der Waals surface area contributed by atoms with Crippen molar-refractivity contribution in [3.8, 4) is 0 Å². The molecule has 7 heteroatoms. The summed E-state index contributed by atoms with van der Waals surface area (Å²) in [6.45, 7) is 5.03. The fourth-order valence-corrected chi connectivity index (χ4v) is 3.61. The maximum Gasteiger partial charge on any atom is 0.153 e. The number of imidazole rings is 1. The second-order valence-corrected chi connectivity index (χ2v) is 7.13. The van der Waals surface area contributed by atoms with Crippen molar-refractivity contribution < 1.29 is 0 Å². The molecule has 3 aromatic heterocycles. The van der Waals surface area contributed by atoms with E-state index in [2.05, 4.69) is 34.7 Å². The van der Waals surface area contributed by atoms with Crippen molar-refractivity contribution in [3.05, 3.63) is 60.2 Å². The number of aryl methyl sites for hydroxylation is 2. The Morgan fingerprint density at radius 3 is 2.70 bits per heavy atom.